The number of nitrogens with zero attached hydrogens (tertiary/aromatic N) is 4. The number of rotatable bonds is 7. The highest BCUT2D eigenvalue weighted by Gasteiger charge is 2.52. The SMILES string of the molecule is CC(=O)OC[C@H]1O[C@@H](n2c(C3CCCCC3)nc3c(C4CCCCC4)ncnc32)[C@H](OC(C)=O)[C@@H]1OC(C)=O. The standard InChI is InChI=1S/C28H38N4O7/c1-16(33)36-14-21-24(37-17(2)34)25(38-18(3)35)28(39-21)32-26(20-12-8-5-9-13-20)31-23-22(29-15-30-27(23)32)19-10-6-4-7-11-19/h15,19-21,24-25,28H,4-14H2,1-3H3/t21-,24-,25-,28-/m1/s1. The zero-order valence-corrected chi connectivity index (χ0v) is 23.0. The Morgan fingerprint density at radius 2 is 1.46 bits per heavy atom. The van der Waals surface area contributed by atoms with Crippen molar-refractivity contribution in [3.05, 3.63) is 17.8 Å². The van der Waals surface area contributed by atoms with Crippen LogP contribution in [0.1, 0.15) is 115 Å². The number of hydrogen-bond donors (Lipinski definition) is 0. The maximum absolute atomic E-state index is 12.3. The zero-order chi connectivity index (χ0) is 27.5. The molecule has 0 aromatic carbocycles. The summed E-state index contributed by atoms with van der Waals surface area (Å²) in [6.45, 7) is 3.73. The predicted octanol–water partition coefficient (Wildman–Crippen LogP) is 4.25. The highest BCUT2D eigenvalue weighted by Crippen LogP contribution is 2.43. The summed E-state index contributed by atoms with van der Waals surface area (Å²) in [7, 11) is 0. The van der Waals surface area contributed by atoms with Gasteiger partial charge in [0.2, 0.25) is 0 Å². The number of imidazole rings is 1. The van der Waals surface area contributed by atoms with Gasteiger partial charge in [0.25, 0.3) is 0 Å². The van der Waals surface area contributed by atoms with E-state index in [1.165, 1.54) is 33.6 Å². The van der Waals surface area contributed by atoms with Gasteiger partial charge < -0.3 is 18.9 Å². The van der Waals surface area contributed by atoms with Crippen molar-refractivity contribution in [3.8, 4) is 0 Å². The predicted molar refractivity (Wildman–Crippen MR) is 139 cm³/mol. The summed E-state index contributed by atoms with van der Waals surface area (Å²) < 4.78 is 25.0. The number of carbonyl (C=O) groups is 3. The monoisotopic (exact) mass is 542 g/mol. The molecule has 2 aromatic rings. The maximum atomic E-state index is 12.3. The van der Waals surface area contributed by atoms with Crippen LogP contribution in [0, 0.1) is 0 Å². The van der Waals surface area contributed by atoms with E-state index in [1.54, 1.807) is 6.33 Å². The summed E-state index contributed by atoms with van der Waals surface area (Å²) in [4.78, 5) is 50.5. The lowest BCUT2D eigenvalue weighted by Crippen LogP contribution is -2.40. The summed E-state index contributed by atoms with van der Waals surface area (Å²) in [5.41, 5.74) is 2.32. The first-order chi connectivity index (χ1) is 18.8. The van der Waals surface area contributed by atoms with Crippen LogP contribution in [0.4, 0.5) is 0 Å². The molecule has 1 aliphatic heterocycles. The van der Waals surface area contributed by atoms with Crippen molar-refractivity contribution in [3.63, 3.8) is 0 Å². The lowest BCUT2D eigenvalue weighted by Gasteiger charge is -2.27. The van der Waals surface area contributed by atoms with E-state index in [9.17, 15) is 14.4 Å². The second kappa shape index (κ2) is 12.0. The molecule has 11 nitrogen and oxygen atoms in total. The van der Waals surface area contributed by atoms with Crippen LogP contribution in [0.5, 0.6) is 0 Å². The van der Waals surface area contributed by atoms with E-state index >= 15 is 0 Å². The molecule has 0 N–H and O–H groups in total. The fraction of sp³-hybridized carbons (Fsp3) is 0.714. The minimum Gasteiger partial charge on any atom is -0.463 e. The van der Waals surface area contributed by atoms with Crippen molar-refractivity contribution in [2.45, 2.75) is 121 Å². The van der Waals surface area contributed by atoms with Gasteiger partial charge in [-0.15, -0.1) is 0 Å². The van der Waals surface area contributed by atoms with Gasteiger partial charge in [-0.05, 0) is 25.7 Å². The van der Waals surface area contributed by atoms with Gasteiger partial charge in [-0.3, -0.25) is 19.0 Å². The van der Waals surface area contributed by atoms with Gasteiger partial charge in [-0.2, -0.15) is 0 Å². The van der Waals surface area contributed by atoms with Crippen molar-refractivity contribution >= 4 is 29.1 Å². The number of fused-ring (bicyclic) bond motifs is 1. The summed E-state index contributed by atoms with van der Waals surface area (Å²) in [5, 5.41) is 0. The molecule has 0 amide bonds. The van der Waals surface area contributed by atoms with Gasteiger partial charge in [0, 0.05) is 32.6 Å². The summed E-state index contributed by atoms with van der Waals surface area (Å²) in [6, 6.07) is 0. The molecule has 5 rings (SSSR count). The first kappa shape index (κ1) is 27.5. The highest BCUT2D eigenvalue weighted by atomic mass is 16.7. The molecule has 0 bridgehead atoms. The molecule has 4 atom stereocenters. The van der Waals surface area contributed by atoms with E-state index in [4.69, 9.17) is 28.9 Å². The van der Waals surface area contributed by atoms with Crippen LogP contribution in [-0.2, 0) is 33.3 Å². The Bertz CT molecular complexity index is 1200. The van der Waals surface area contributed by atoms with Crippen LogP contribution in [0.2, 0.25) is 0 Å². The molecule has 0 spiro atoms. The minimum absolute atomic E-state index is 0.157. The Morgan fingerprint density at radius 1 is 0.846 bits per heavy atom. The molecule has 1 saturated heterocycles. The third-order valence-electron chi connectivity index (χ3n) is 8.09. The molecular formula is C28H38N4O7. The Balaban J connectivity index is 1.64. The molecular weight excluding hydrogens is 504 g/mol. The quantitative estimate of drug-likeness (QED) is 0.369. The first-order valence-electron chi connectivity index (χ1n) is 14.2. The van der Waals surface area contributed by atoms with Crippen LogP contribution in [-0.4, -0.2) is 62.3 Å². The normalized spacial score (nSPS) is 26.4. The Kier molecular flexibility index (Phi) is 8.44. The van der Waals surface area contributed by atoms with Crippen LogP contribution in [0.25, 0.3) is 11.2 Å². The van der Waals surface area contributed by atoms with Crippen LogP contribution in [0.15, 0.2) is 6.33 Å². The van der Waals surface area contributed by atoms with Gasteiger partial charge in [0.1, 0.15) is 30.4 Å². The van der Waals surface area contributed by atoms with Gasteiger partial charge in [0.05, 0.1) is 5.69 Å². The first-order valence-corrected chi connectivity index (χ1v) is 14.2. The molecule has 11 heteroatoms. The molecule has 2 aliphatic carbocycles. The third-order valence-corrected chi connectivity index (χ3v) is 8.09. The third kappa shape index (κ3) is 5.92. The van der Waals surface area contributed by atoms with E-state index in [0.717, 1.165) is 68.4 Å². The molecule has 2 aromatic heterocycles. The average Bonchev–Trinajstić information content (AvgIpc) is 3.46. The maximum Gasteiger partial charge on any atom is 0.303 e. The lowest BCUT2D eigenvalue weighted by molar-refractivity contribution is -0.166. The molecule has 0 unspecified atom stereocenters. The second-order valence-corrected chi connectivity index (χ2v) is 11.0. The zero-order valence-electron chi connectivity index (χ0n) is 23.0. The van der Waals surface area contributed by atoms with Gasteiger partial charge >= 0.3 is 17.9 Å². The number of ether oxygens (including phenoxy) is 4. The van der Waals surface area contributed by atoms with E-state index in [-0.39, 0.29) is 12.5 Å². The molecule has 39 heavy (non-hydrogen) atoms. The number of carbonyl (C=O) groups excluding carboxylic acids is 3. The van der Waals surface area contributed by atoms with Crippen molar-refractivity contribution in [1.82, 2.24) is 19.5 Å². The summed E-state index contributed by atoms with van der Waals surface area (Å²) in [5.74, 6) is -0.286. The van der Waals surface area contributed by atoms with Crippen molar-refractivity contribution < 1.29 is 33.3 Å². The molecule has 2 saturated carbocycles. The molecule has 3 aliphatic rings. The Morgan fingerprint density at radius 3 is 2.08 bits per heavy atom. The van der Waals surface area contributed by atoms with Gasteiger partial charge in [-0.1, -0.05) is 38.5 Å². The largest absolute Gasteiger partial charge is 0.463 e. The topological polar surface area (TPSA) is 132 Å². The van der Waals surface area contributed by atoms with E-state index < -0.39 is 42.4 Å². The Labute approximate surface area is 228 Å². The van der Waals surface area contributed by atoms with Crippen molar-refractivity contribution in [1.29, 1.82) is 0 Å². The lowest BCUT2D eigenvalue weighted by atomic mass is 9.86. The number of esters is 3. The molecule has 212 valence electrons. The fourth-order valence-electron chi connectivity index (χ4n) is 6.42. The van der Waals surface area contributed by atoms with Gasteiger partial charge in [0.15, 0.2) is 24.1 Å². The average molecular weight is 543 g/mol. The molecule has 0 radical (unpaired) electrons. The van der Waals surface area contributed by atoms with Crippen LogP contribution in [0.3, 0.4) is 0 Å². The highest BCUT2D eigenvalue weighted by molar-refractivity contribution is 5.75. The fourth-order valence-corrected chi connectivity index (χ4v) is 6.42. The van der Waals surface area contributed by atoms with Crippen LogP contribution < -0.4 is 0 Å². The summed E-state index contributed by atoms with van der Waals surface area (Å²) in [6.07, 6.45) is 8.89. The van der Waals surface area contributed by atoms with E-state index in [0.29, 0.717) is 11.6 Å². The van der Waals surface area contributed by atoms with Crippen molar-refractivity contribution in [2.75, 3.05) is 6.61 Å². The van der Waals surface area contributed by atoms with E-state index in [1.807, 2.05) is 4.57 Å². The Hall–Kier alpha value is -3.08. The van der Waals surface area contributed by atoms with Crippen molar-refractivity contribution in [2.24, 2.45) is 0 Å². The number of aromatic nitrogens is 4. The smallest absolute Gasteiger partial charge is 0.303 e. The van der Waals surface area contributed by atoms with Crippen LogP contribution >= 0.6 is 0 Å². The number of hydrogen-bond acceptors (Lipinski definition) is 10. The summed E-state index contributed by atoms with van der Waals surface area (Å²) >= 11 is 0. The van der Waals surface area contributed by atoms with E-state index in [2.05, 4.69) is 4.98 Å². The van der Waals surface area contributed by atoms with Gasteiger partial charge in [-0.25, -0.2) is 15.0 Å². The molecule has 3 heterocycles. The minimum atomic E-state index is -0.986. The second-order valence-electron chi connectivity index (χ2n) is 11.0. The molecule has 3 fully saturated rings.